The highest BCUT2D eigenvalue weighted by Crippen LogP contribution is 2.49. The van der Waals surface area contributed by atoms with Crippen molar-refractivity contribution in [2.24, 2.45) is 5.92 Å². The van der Waals surface area contributed by atoms with Gasteiger partial charge in [-0.15, -0.1) is 0 Å². The average Bonchev–Trinajstić information content (AvgIpc) is 3.37. The second-order valence-corrected chi connectivity index (χ2v) is 8.37. The summed E-state index contributed by atoms with van der Waals surface area (Å²) in [7, 11) is 0. The molecule has 0 bridgehead atoms. The van der Waals surface area contributed by atoms with Gasteiger partial charge < -0.3 is 15.3 Å². The molecule has 30 heavy (non-hydrogen) atoms. The van der Waals surface area contributed by atoms with E-state index in [1.807, 2.05) is 0 Å². The van der Waals surface area contributed by atoms with Gasteiger partial charge in [0.25, 0.3) is 5.92 Å². The van der Waals surface area contributed by atoms with E-state index in [9.17, 15) is 28.3 Å². The molecule has 1 aromatic heterocycles. The number of nitrogens with one attached hydrogen (secondary N) is 1. The van der Waals surface area contributed by atoms with Gasteiger partial charge >= 0.3 is 0 Å². The van der Waals surface area contributed by atoms with Crippen LogP contribution in [0.5, 0.6) is 0 Å². The first-order chi connectivity index (χ1) is 14.1. The first kappa shape index (κ1) is 20.9. The molecule has 7 nitrogen and oxygen atoms in total. The smallest absolute Gasteiger partial charge is 0.260 e. The van der Waals surface area contributed by atoms with Crippen molar-refractivity contribution in [3.8, 4) is 0 Å². The fraction of sp³-hybridized carbons (Fsp3) is 0.500. The van der Waals surface area contributed by atoms with Crippen LogP contribution in [-0.4, -0.2) is 63.6 Å². The monoisotopic (exact) mass is 439 g/mol. The molecule has 1 aliphatic heterocycles. The summed E-state index contributed by atoms with van der Waals surface area (Å²) < 4.78 is 26.2. The summed E-state index contributed by atoms with van der Waals surface area (Å²) in [6.45, 7) is 0.564. The van der Waals surface area contributed by atoms with Crippen LogP contribution in [0, 0.1) is 5.92 Å². The predicted octanol–water partition coefficient (Wildman–Crippen LogP) is 1.90. The van der Waals surface area contributed by atoms with E-state index in [1.54, 1.807) is 6.07 Å². The minimum absolute atomic E-state index is 0.00922. The van der Waals surface area contributed by atoms with Crippen LogP contribution >= 0.6 is 11.6 Å². The van der Waals surface area contributed by atoms with Crippen LogP contribution in [-0.2, 0) is 4.79 Å². The molecule has 4 rings (SSSR count). The van der Waals surface area contributed by atoms with Gasteiger partial charge in [0.2, 0.25) is 17.5 Å². The van der Waals surface area contributed by atoms with Gasteiger partial charge in [0, 0.05) is 32.3 Å². The molecule has 2 N–H and O–H groups in total. The Balaban J connectivity index is 1.32. The van der Waals surface area contributed by atoms with Crippen molar-refractivity contribution in [1.82, 2.24) is 15.2 Å². The molecule has 3 aliphatic rings. The zero-order chi connectivity index (χ0) is 21.7. The maximum Gasteiger partial charge on any atom is 0.260 e. The van der Waals surface area contributed by atoms with Gasteiger partial charge in [0.15, 0.2) is 0 Å². The number of nitrogens with zero attached hydrogens (tertiary/aromatic N) is 2. The number of piperidine rings is 1. The Morgan fingerprint density at radius 2 is 1.97 bits per heavy atom. The molecule has 1 aromatic rings. The third-order valence-electron chi connectivity index (χ3n) is 5.94. The minimum atomic E-state index is -2.90. The van der Waals surface area contributed by atoms with E-state index in [4.69, 9.17) is 11.6 Å². The number of carbonyl (C=O) groups excluding carboxylic acids is 3. The second-order valence-electron chi connectivity index (χ2n) is 7.99. The van der Waals surface area contributed by atoms with Gasteiger partial charge in [-0.25, -0.2) is 8.78 Å². The number of likely N-dealkylation sites (tertiary alicyclic amines) is 1. The summed E-state index contributed by atoms with van der Waals surface area (Å²) in [6, 6.07) is 3.05. The third kappa shape index (κ3) is 3.72. The zero-order valence-corrected chi connectivity index (χ0v) is 16.7. The van der Waals surface area contributed by atoms with Crippen molar-refractivity contribution in [2.75, 3.05) is 19.6 Å². The fourth-order valence-corrected chi connectivity index (χ4v) is 4.14. The van der Waals surface area contributed by atoms with Gasteiger partial charge in [-0.3, -0.25) is 19.4 Å². The molecular formula is C20H20ClF2N3O4. The SMILES string of the molecule is O=C1C(NCCC2(O)CCN(C(=O)C3CC3(F)F)CC2)=C(Cl)C(=O)c2ncccc21. The number of hydrogen-bond donors (Lipinski definition) is 2. The largest absolute Gasteiger partial charge is 0.390 e. The van der Waals surface area contributed by atoms with Crippen molar-refractivity contribution in [3.63, 3.8) is 0 Å². The molecule has 10 heteroatoms. The molecule has 0 radical (unpaired) electrons. The van der Waals surface area contributed by atoms with E-state index < -0.39 is 41.3 Å². The van der Waals surface area contributed by atoms with Crippen molar-refractivity contribution in [3.05, 3.63) is 40.3 Å². The summed E-state index contributed by atoms with van der Waals surface area (Å²) in [5.74, 6) is -5.68. The van der Waals surface area contributed by atoms with E-state index in [0.29, 0.717) is 0 Å². The molecule has 0 spiro atoms. The molecule has 2 heterocycles. The van der Waals surface area contributed by atoms with Gasteiger partial charge in [-0.05, 0) is 31.4 Å². The van der Waals surface area contributed by atoms with Gasteiger partial charge in [0.1, 0.15) is 22.3 Å². The van der Waals surface area contributed by atoms with Crippen molar-refractivity contribution >= 4 is 29.1 Å². The number of Topliss-reactive ketones (excluding diaryl/α,β-unsaturated/α-hetero) is 2. The lowest BCUT2D eigenvalue weighted by atomic mass is 9.88. The summed E-state index contributed by atoms with van der Waals surface area (Å²) >= 11 is 6.06. The maximum absolute atomic E-state index is 13.1. The Kier molecular flexibility index (Phi) is 5.14. The Hall–Kier alpha value is -2.39. The number of alkyl halides is 2. The standard InChI is InChI=1S/C20H20ClF2N3O4/c21-13-15(16(27)11-2-1-6-24-14(11)17(13)28)25-7-3-19(30)4-8-26(9-5-19)18(29)12-10-20(12,22)23/h1-2,6,12,25,30H,3-5,7-10H2. The number of aromatic nitrogens is 1. The first-order valence-corrected chi connectivity index (χ1v) is 10.1. The lowest BCUT2D eigenvalue weighted by Gasteiger charge is -2.38. The van der Waals surface area contributed by atoms with E-state index >= 15 is 0 Å². The Morgan fingerprint density at radius 1 is 1.30 bits per heavy atom. The van der Waals surface area contributed by atoms with Crippen LogP contribution < -0.4 is 5.32 Å². The number of halogens is 3. The number of fused-ring (bicyclic) bond motifs is 1. The molecule has 1 amide bonds. The summed E-state index contributed by atoms with van der Waals surface area (Å²) in [5, 5.41) is 13.4. The Labute approximate surface area is 176 Å². The summed E-state index contributed by atoms with van der Waals surface area (Å²) in [5.41, 5.74) is -0.967. The van der Waals surface area contributed by atoms with Gasteiger partial charge in [-0.2, -0.15) is 0 Å². The Bertz CT molecular complexity index is 957. The lowest BCUT2D eigenvalue weighted by Crippen LogP contribution is -2.48. The topological polar surface area (TPSA) is 99.6 Å². The molecular weight excluding hydrogens is 420 g/mol. The zero-order valence-electron chi connectivity index (χ0n) is 16.0. The van der Waals surface area contributed by atoms with Crippen molar-refractivity contribution in [1.29, 1.82) is 0 Å². The molecule has 1 unspecified atom stereocenters. The first-order valence-electron chi connectivity index (χ1n) is 9.70. The number of hydrogen-bond acceptors (Lipinski definition) is 6. The third-order valence-corrected chi connectivity index (χ3v) is 6.30. The number of carbonyl (C=O) groups is 3. The maximum atomic E-state index is 13.1. The Morgan fingerprint density at radius 3 is 2.60 bits per heavy atom. The number of rotatable bonds is 5. The highest BCUT2D eigenvalue weighted by molar-refractivity contribution is 6.49. The molecule has 1 saturated carbocycles. The van der Waals surface area contributed by atoms with E-state index in [-0.39, 0.29) is 60.9 Å². The molecule has 2 fully saturated rings. The highest BCUT2D eigenvalue weighted by Gasteiger charge is 2.62. The highest BCUT2D eigenvalue weighted by atomic mass is 35.5. The molecule has 1 saturated heterocycles. The quantitative estimate of drug-likeness (QED) is 0.727. The van der Waals surface area contributed by atoms with Crippen molar-refractivity contribution < 1.29 is 28.3 Å². The van der Waals surface area contributed by atoms with Crippen LogP contribution in [0.2, 0.25) is 0 Å². The normalized spacial score (nSPS) is 24.5. The lowest BCUT2D eigenvalue weighted by molar-refractivity contribution is -0.139. The fourth-order valence-electron chi connectivity index (χ4n) is 3.89. The molecule has 160 valence electrons. The average molecular weight is 440 g/mol. The number of allylic oxidation sites excluding steroid dienone is 2. The van der Waals surface area contributed by atoms with Crippen LogP contribution in [0.15, 0.2) is 29.1 Å². The number of pyridine rings is 1. The number of amides is 1. The van der Waals surface area contributed by atoms with E-state index in [0.717, 1.165) is 0 Å². The summed E-state index contributed by atoms with van der Waals surface area (Å²) in [4.78, 5) is 42.3. The molecule has 2 aliphatic carbocycles. The number of aliphatic hydroxyl groups is 1. The molecule has 0 aromatic carbocycles. The predicted molar refractivity (Wildman–Crippen MR) is 102 cm³/mol. The van der Waals surface area contributed by atoms with E-state index in [2.05, 4.69) is 10.3 Å². The van der Waals surface area contributed by atoms with Gasteiger partial charge in [-0.1, -0.05) is 11.6 Å². The minimum Gasteiger partial charge on any atom is -0.390 e. The van der Waals surface area contributed by atoms with Crippen LogP contribution in [0.4, 0.5) is 8.78 Å². The van der Waals surface area contributed by atoms with Crippen LogP contribution in [0.25, 0.3) is 0 Å². The van der Waals surface area contributed by atoms with Gasteiger partial charge in [0.05, 0.1) is 11.2 Å². The number of ketones is 2. The van der Waals surface area contributed by atoms with E-state index in [1.165, 1.54) is 17.2 Å². The second kappa shape index (κ2) is 7.39. The summed E-state index contributed by atoms with van der Waals surface area (Å²) in [6.07, 6.45) is 1.72. The van der Waals surface area contributed by atoms with Crippen molar-refractivity contribution in [2.45, 2.75) is 37.2 Å². The molecule has 1 atom stereocenters. The van der Waals surface area contributed by atoms with Crippen LogP contribution in [0.3, 0.4) is 0 Å². The van der Waals surface area contributed by atoms with Crippen LogP contribution in [0.1, 0.15) is 46.5 Å².